The first-order chi connectivity index (χ1) is 18.6. The van der Waals surface area contributed by atoms with Gasteiger partial charge in [0, 0.05) is 17.0 Å². The summed E-state index contributed by atoms with van der Waals surface area (Å²) < 4.78 is 4.38. The molecule has 3 amide bonds. The number of anilines is 1. The molecule has 3 aliphatic heterocycles. The Labute approximate surface area is 237 Å². The lowest BCUT2D eigenvalue weighted by atomic mass is 9.66. The summed E-state index contributed by atoms with van der Waals surface area (Å²) in [6, 6.07) is 6.07. The van der Waals surface area contributed by atoms with Crippen molar-refractivity contribution >= 4 is 35.2 Å². The molecular weight excluding hydrogens is 514 g/mol. The van der Waals surface area contributed by atoms with Gasteiger partial charge in [-0.25, -0.2) is 0 Å². The molecular formula is C30H45N3O5S. The zero-order chi connectivity index (χ0) is 28.4. The number of amides is 3. The maximum Gasteiger partial charge on any atom is 0.244 e. The summed E-state index contributed by atoms with van der Waals surface area (Å²) in [5.74, 6) is -0.749. The maximum atomic E-state index is 14.3. The minimum atomic E-state index is -0.706. The molecule has 39 heavy (non-hydrogen) atoms. The van der Waals surface area contributed by atoms with Crippen LogP contribution in [0.4, 0.5) is 5.69 Å². The lowest BCUT2D eigenvalue weighted by Gasteiger charge is -2.37. The van der Waals surface area contributed by atoms with Crippen LogP contribution in [0.15, 0.2) is 24.3 Å². The van der Waals surface area contributed by atoms with E-state index in [-0.39, 0.29) is 30.2 Å². The predicted molar refractivity (Wildman–Crippen MR) is 155 cm³/mol. The van der Waals surface area contributed by atoms with Crippen LogP contribution in [0.3, 0.4) is 0 Å². The van der Waals surface area contributed by atoms with Gasteiger partial charge >= 0.3 is 0 Å². The number of fused-ring (bicyclic) bond motifs is 1. The van der Waals surface area contributed by atoms with Gasteiger partial charge in [-0.2, -0.15) is 0 Å². The number of unbranched alkanes of at least 4 members (excludes halogenated alkanes) is 2. The third kappa shape index (κ3) is 5.53. The molecule has 216 valence electrons. The van der Waals surface area contributed by atoms with E-state index in [1.165, 1.54) is 0 Å². The molecule has 2 bridgehead atoms. The van der Waals surface area contributed by atoms with E-state index in [4.69, 9.17) is 4.74 Å². The summed E-state index contributed by atoms with van der Waals surface area (Å²) in [5, 5.41) is 16.5. The minimum absolute atomic E-state index is 0.159. The number of hydrogen-bond donors (Lipinski definition) is 3. The number of carbonyl (C=O) groups is 3. The molecule has 0 radical (unpaired) electrons. The number of nitrogens with one attached hydrogen (secondary N) is 2. The fourth-order valence-electron chi connectivity index (χ4n) is 6.98. The first-order valence-corrected chi connectivity index (χ1v) is 15.4. The van der Waals surface area contributed by atoms with E-state index in [0.29, 0.717) is 31.7 Å². The zero-order valence-corrected chi connectivity index (χ0v) is 24.8. The molecule has 0 aromatic heterocycles. The van der Waals surface area contributed by atoms with Gasteiger partial charge in [0.25, 0.3) is 0 Å². The number of nitrogens with zero attached hydrogens (tertiary/aromatic N) is 1. The molecule has 1 aromatic carbocycles. The van der Waals surface area contributed by atoms with Crippen LogP contribution in [0.25, 0.3) is 0 Å². The van der Waals surface area contributed by atoms with Crippen molar-refractivity contribution in [2.45, 2.75) is 94.7 Å². The summed E-state index contributed by atoms with van der Waals surface area (Å²) in [4.78, 5) is 43.7. The maximum absolute atomic E-state index is 14.3. The summed E-state index contributed by atoms with van der Waals surface area (Å²) in [7, 11) is 0. The fourth-order valence-corrected chi connectivity index (χ4v) is 9.32. The number of benzene rings is 1. The summed E-state index contributed by atoms with van der Waals surface area (Å²) in [6.45, 7) is 11.1. The van der Waals surface area contributed by atoms with Crippen LogP contribution < -0.4 is 15.4 Å². The van der Waals surface area contributed by atoms with Gasteiger partial charge in [0.05, 0.1) is 35.8 Å². The molecule has 0 aliphatic carbocycles. The van der Waals surface area contributed by atoms with Gasteiger partial charge in [-0.3, -0.25) is 14.4 Å². The van der Waals surface area contributed by atoms with E-state index in [1.54, 1.807) is 28.8 Å². The molecule has 3 fully saturated rings. The van der Waals surface area contributed by atoms with Gasteiger partial charge in [-0.15, -0.1) is 11.8 Å². The number of aliphatic hydroxyl groups is 1. The third-order valence-electron chi connectivity index (χ3n) is 8.61. The van der Waals surface area contributed by atoms with Crippen molar-refractivity contribution in [3.05, 3.63) is 24.3 Å². The van der Waals surface area contributed by atoms with Crippen LogP contribution in [0, 0.1) is 17.8 Å². The van der Waals surface area contributed by atoms with Gasteiger partial charge in [-0.1, -0.05) is 33.6 Å². The predicted octanol–water partition coefficient (Wildman–Crippen LogP) is 4.22. The minimum Gasteiger partial charge on any atom is -0.494 e. The lowest BCUT2D eigenvalue weighted by molar-refractivity contribution is -0.142. The monoisotopic (exact) mass is 559 g/mol. The molecule has 1 aromatic rings. The Morgan fingerprint density at radius 3 is 2.49 bits per heavy atom. The highest BCUT2D eigenvalue weighted by molar-refractivity contribution is 8.02. The van der Waals surface area contributed by atoms with Crippen LogP contribution in [0.2, 0.25) is 0 Å². The Morgan fingerprint density at radius 2 is 1.87 bits per heavy atom. The van der Waals surface area contributed by atoms with Gasteiger partial charge in [0.1, 0.15) is 11.8 Å². The van der Waals surface area contributed by atoms with Crippen molar-refractivity contribution in [2.24, 2.45) is 17.8 Å². The topological polar surface area (TPSA) is 108 Å². The first kappa shape index (κ1) is 29.7. The van der Waals surface area contributed by atoms with E-state index in [9.17, 15) is 19.5 Å². The number of rotatable bonds is 13. The van der Waals surface area contributed by atoms with Crippen LogP contribution in [0.1, 0.15) is 73.1 Å². The number of likely N-dealkylation sites (tertiary alicyclic amines) is 1. The molecule has 3 N–H and O–H groups in total. The average Bonchev–Trinajstić information content (AvgIpc) is 3.47. The van der Waals surface area contributed by atoms with Crippen LogP contribution in [-0.2, 0) is 14.4 Å². The third-order valence-corrected chi connectivity index (χ3v) is 10.6. The molecule has 9 heteroatoms. The van der Waals surface area contributed by atoms with E-state index in [1.807, 2.05) is 19.1 Å². The van der Waals surface area contributed by atoms with Crippen molar-refractivity contribution in [2.75, 3.05) is 25.1 Å². The Hall–Kier alpha value is -2.26. The van der Waals surface area contributed by atoms with E-state index in [0.717, 1.165) is 31.4 Å². The molecule has 1 spiro atoms. The molecule has 4 rings (SSSR count). The van der Waals surface area contributed by atoms with Crippen LogP contribution in [0.5, 0.6) is 5.75 Å². The van der Waals surface area contributed by atoms with E-state index >= 15 is 0 Å². The smallest absolute Gasteiger partial charge is 0.244 e. The summed E-state index contributed by atoms with van der Waals surface area (Å²) in [5.41, 5.74) is 0.648. The average molecular weight is 560 g/mol. The number of thioether (sulfide) groups is 1. The SMILES string of the molecule is CCCCCNC(=O)C1N([C@@H](CO)CC(C)C)C(=O)[C@@H]2[C@@H](C(=O)Nc3ccc(OCC)cc3)[C@@]3(C)CCC12S3. The highest BCUT2D eigenvalue weighted by Crippen LogP contribution is 2.71. The van der Waals surface area contributed by atoms with Gasteiger partial charge in [0.2, 0.25) is 17.7 Å². The largest absolute Gasteiger partial charge is 0.494 e. The second-order valence-corrected chi connectivity index (χ2v) is 13.8. The summed E-state index contributed by atoms with van der Waals surface area (Å²) >= 11 is 1.66. The number of ether oxygens (including phenoxy) is 1. The molecule has 0 saturated carbocycles. The van der Waals surface area contributed by atoms with Crippen LogP contribution in [-0.4, -0.2) is 69.1 Å². The Balaban J connectivity index is 1.65. The normalized spacial score (nSPS) is 30.0. The number of carbonyl (C=O) groups excluding carboxylic acids is 3. The highest BCUT2D eigenvalue weighted by atomic mass is 32.2. The van der Waals surface area contributed by atoms with Crippen molar-refractivity contribution in [3.63, 3.8) is 0 Å². The zero-order valence-electron chi connectivity index (χ0n) is 24.0. The Kier molecular flexibility index (Phi) is 9.21. The Morgan fingerprint density at radius 1 is 1.15 bits per heavy atom. The van der Waals surface area contributed by atoms with Crippen LogP contribution >= 0.6 is 11.8 Å². The number of hydrogen-bond acceptors (Lipinski definition) is 6. The standard InChI is InChI=1S/C30H45N3O5S/c1-6-8-9-16-31-27(36)25-30-15-14-29(5,39-30)23(24(30)28(37)33(25)21(18-34)17-19(3)4)26(35)32-20-10-12-22(13-11-20)38-7-2/h10-13,19,21,23-25,34H,6-9,14-18H2,1-5H3,(H,31,36)(H,32,35)/t21-,23+,24+,25?,29-,30?/m1/s1. The molecule has 8 nitrogen and oxygen atoms in total. The van der Waals surface area contributed by atoms with Crippen molar-refractivity contribution < 1.29 is 24.2 Å². The van der Waals surface area contributed by atoms with Crippen molar-refractivity contribution in [3.8, 4) is 5.75 Å². The fraction of sp³-hybridized carbons (Fsp3) is 0.700. The molecule has 3 saturated heterocycles. The van der Waals surface area contributed by atoms with E-state index in [2.05, 4.69) is 38.3 Å². The molecule has 2 unspecified atom stereocenters. The first-order valence-electron chi connectivity index (χ1n) is 14.6. The van der Waals surface area contributed by atoms with Crippen molar-refractivity contribution in [1.82, 2.24) is 10.2 Å². The van der Waals surface area contributed by atoms with Crippen molar-refractivity contribution in [1.29, 1.82) is 0 Å². The highest BCUT2D eigenvalue weighted by Gasteiger charge is 2.77. The van der Waals surface area contributed by atoms with Gasteiger partial charge in [0.15, 0.2) is 0 Å². The summed E-state index contributed by atoms with van der Waals surface area (Å²) in [6.07, 6.45) is 5.00. The molecule has 3 heterocycles. The second kappa shape index (κ2) is 12.1. The Bertz CT molecular complexity index is 1050. The van der Waals surface area contributed by atoms with E-state index < -0.39 is 33.4 Å². The van der Waals surface area contributed by atoms with Gasteiger partial charge in [-0.05, 0) is 69.7 Å². The van der Waals surface area contributed by atoms with Gasteiger partial charge < -0.3 is 25.4 Å². The lowest BCUT2D eigenvalue weighted by Crippen LogP contribution is -2.56. The second-order valence-electron chi connectivity index (χ2n) is 11.9. The molecule has 6 atom stereocenters. The molecule has 3 aliphatic rings. The number of aliphatic hydroxyl groups excluding tert-OH is 1. The quantitative estimate of drug-likeness (QED) is 0.313.